The second kappa shape index (κ2) is 9.93. The van der Waals surface area contributed by atoms with Crippen molar-refractivity contribution in [3.63, 3.8) is 0 Å². The van der Waals surface area contributed by atoms with Gasteiger partial charge in [-0.2, -0.15) is 0 Å². The Morgan fingerprint density at radius 1 is 1.22 bits per heavy atom. The van der Waals surface area contributed by atoms with Crippen LogP contribution < -0.4 is 0 Å². The molecule has 5 nitrogen and oxygen atoms in total. The van der Waals surface area contributed by atoms with Gasteiger partial charge in [0.1, 0.15) is 6.33 Å². The van der Waals surface area contributed by atoms with Gasteiger partial charge in [0, 0.05) is 12.6 Å². The number of carbonyl (C=O) groups excluding carboxylic acids is 1. The second-order valence-corrected chi connectivity index (χ2v) is 8.08. The standard InChI is InChI=1S/C21H30N4OS/c1-3-14-24(18-11-6-5-7-12-18)20(26)15-27-21-23-22-16-25(21)19-13-9-8-10-17(19)4-2/h8-10,13,16,18H,3-7,11-12,14-15H2,1-2H3. The Morgan fingerprint density at radius 2 is 2.00 bits per heavy atom. The number of thioether (sulfide) groups is 1. The van der Waals surface area contributed by atoms with Crippen molar-refractivity contribution in [2.45, 2.75) is 70.0 Å². The zero-order valence-electron chi connectivity index (χ0n) is 16.4. The van der Waals surface area contributed by atoms with E-state index < -0.39 is 0 Å². The van der Waals surface area contributed by atoms with Crippen LogP contribution in [0.4, 0.5) is 0 Å². The maximum atomic E-state index is 12.9. The van der Waals surface area contributed by atoms with E-state index in [0.717, 1.165) is 43.1 Å². The molecule has 0 unspecified atom stereocenters. The fraction of sp³-hybridized carbons (Fsp3) is 0.571. The van der Waals surface area contributed by atoms with Gasteiger partial charge in [-0.15, -0.1) is 10.2 Å². The lowest BCUT2D eigenvalue weighted by Gasteiger charge is -2.34. The maximum Gasteiger partial charge on any atom is 0.233 e. The third-order valence-electron chi connectivity index (χ3n) is 5.27. The van der Waals surface area contributed by atoms with Gasteiger partial charge in [-0.25, -0.2) is 0 Å². The number of carbonyl (C=O) groups is 1. The lowest BCUT2D eigenvalue weighted by atomic mass is 9.94. The predicted octanol–water partition coefficient (Wildman–Crippen LogP) is 4.49. The van der Waals surface area contributed by atoms with Crippen molar-refractivity contribution in [1.29, 1.82) is 0 Å². The van der Waals surface area contributed by atoms with Crippen LogP contribution >= 0.6 is 11.8 Å². The highest BCUT2D eigenvalue weighted by atomic mass is 32.2. The first-order chi connectivity index (χ1) is 13.2. The van der Waals surface area contributed by atoms with Crippen molar-refractivity contribution in [2.24, 2.45) is 0 Å². The number of aromatic nitrogens is 3. The molecular weight excluding hydrogens is 356 g/mol. The molecule has 27 heavy (non-hydrogen) atoms. The van der Waals surface area contributed by atoms with Gasteiger partial charge in [0.15, 0.2) is 5.16 Å². The Morgan fingerprint density at radius 3 is 2.74 bits per heavy atom. The van der Waals surface area contributed by atoms with Gasteiger partial charge >= 0.3 is 0 Å². The molecule has 0 aliphatic heterocycles. The lowest BCUT2D eigenvalue weighted by Crippen LogP contribution is -2.42. The van der Waals surface area contributed by atoms with E-state index >= 15 is 0 Å². The van der Waals surface area contributed by atoms with E-state index in [4.69, 9.17) is 0 Å². The highest BCUT2D eigenvalue weighted by Gasteiger charge is 2.25. The molecule has 0 atom stereocenters. The van der Waals surface area contributed by atoms with Crippen LogP contribution in [0.25, 0.3) is 5.69 Å². The van der Waals surface area contributed by atoms with Crippen LogP contribution in [0.2, 0.25) is 0 Å². The highest BCUT2D eigenvalue weighted by Crippen LogP contribution is 2.26. The number of benzene rings is 1. The first-order valence-corrected chi connectivity index (χ1v) is 11.1. The van der Waals surface area contributed by atoms with Crippen molar-refractivity contribution in [1.82, 2.24) is 19.7 Å². The van der Waals surface area contributed by atoms with E-state index in [1.807, 2.05) is 10.6 Å². The van der Waals surface area contributed by atoms with Crippen LogP contribution in [0, 0.1) is 0 Å². The number of hydrogen-bond donors (Lipinski definition) is 0. The summed E-state index contributed by atoms with van der Waals surface area (Å²) in [5.74, 6) is 0.649. The summed E-state index contributed by atoms with van der Waals surface area (Å²) >= 11 is 1.49. The van der Waals surface area contributed by atoms with Gasteiger partial charge in [0.05, 0.1) is 11.4 Å². The van der Waals surface area contributed by atoms with E-state index in [9.17, 15) is 4.79 Å². The van der Waals surface area contributed by atoms with Crippen molar-refractivity contribution >= 4 is 17.7 Å². The van der Waals surface area contributed by atoms with Gasteiger partial charge in [-0.3, -0.25) is 9.36 Å². The zero-order valence-corrected chi connectivity index (χ0v) is 17.2. The van der Waals surface area contributed by atoms with Gasteiger partial charge in [0.2, 0.25) is 5.91 Å². The SMILES string of the molecule is CCCN(C(=O)CSc1nncn1-c1ccccc1CC)C1CCCCC1. The molecule has 0 spiro atoms. The Hall–Kier alpha value is -1.82. The quantitative estimate of drug-likeness (QED) is 0.627. The predicted molar refractivity (Wildman–Crippen MR) is 110 cm³/mol. The van der Waals surface area contributed by atoms with Crippen LogP contribution in [-0.2, 0) is 11.2 Å². The minimum absolute atomic E-state index is 0.229. The average molecular weight is 387 g/mol. The molecule has 0 N–H and O–H groups in total. The van der Waals surface area contributed by atoms with Crippen LogP contribution in [0.1, 0.15) is 57.9 Å². The van der Waals surface area contributed by atoms with Crippen LogP contribution in [0.15, 0.2) is 35.7 Å². The Labute approximate surface area is 166 Å². The van der Waals surface area contributed by atoms with Gasteiger partial charge in [0.25, 0.3) is 0 Å². The number of hydrogen-bond acceptors (Lipinski definition) is 4. The van der Waals surface area contributed by atoms with Gasteiger partial charge in [-0.1, -0.05) is 63.1 Å². The molecule has 2 aromatic rings. The summed E-state index contributed by atoms with van der Waals surface area (Å²) in [6.45, 7) is 5.15. The summed E-state index contributed by atoms with van der Waals surface area (Å²) in [7, 11) is 0. The largest absolute Gasteiger partial charge is 0.339 e. The molecule has 1 aliphatic carbocycles. The molecule has 6 heteroatoms. The van der Waals surface area contributed by atoms with Crippen molar-refractivity contribution in [3.05, 3.63) is 36.2 Å². The summed E-state index contributed by atoms with van der Waals surface area (Å²) in [4.78, 5) is 15.1. The normalized spacial score (nSPS) is 15.0. The van der Waals surface area contributed by atoms with E-state index in [2.05, 4.69) is 47.1 Å². The minimum atomic E-state index is 0.229. The smallest absolute Gasteiger partial charge is 0.233 e. The Balaban J connectivity index is 1.69. The Kier molecular flexibility index (Phi) is 7.33. The molecule has 1 saturated carbocycles. The first kappa shape index (κ1) is 19.9. The van der Waals surface area contributed by atoms with Crippen molar-refractivity contribution in [2.75, 3.05) is 12.3 Å². The fourth-order valence-corrected chi connectivity index (χ4v) is 4.69. The Bertz CT molecular complexity index is 739. The summed E-state index contributed by atoms with van der Waals surface area (Å²) in [6.07, 6.45) is 9.79. The first-order valence-electron chi connectivity index (χ1n) is 10.1. The second-order valence-electron chi connectivity index (χ2n) is 7.13. The molecule has 1 heterocycles. The molecule has 1 aromatic heterocycles. The average Bonchev–Trinajstić information content (AvgIpc) is 3.19. The maximum absolute atomic E-state index is 12.9. The fourth-order valence-electron chi connectivity index (χ4n) is 3.89. The molecule has 0 saturated heterocycles. The lowest BCUT2D eigenvalue weighted by molar-refractivity contribution is -0.131. The van der Waals surface area contributed by atoms with E-state index in [0.29, 0.717) is 11.8 Å². The van der Waals surface area contributed by atoms with Gasteiger partial charge in [-0.05, 0) is 37.3 Å². The van der Waals surface area contributed by atoms with Gasteiger partial charge < -0.3 is 4.90 Å². The molecule has 146 valence electrons. The number of rotatable bonds is 8. The van der Waals surface area contributed by atoms with Crippen LogP contribution in [0.5, 0.6) is 0 Å². The monoisotopic (exact) mass is 386 g/mol. The van der Waals surface area contributed by atoms with E-state index in [-0.39, 0.29) is 5.91 Å². The van der Waals surface area contributed by atoms with Crippen LogP contribution in [-0.4, -0.2) is 43.9 Å². The summed E-state index contributed by atoms with van der Waals surface area (Å²) < 4.78 is 2.00. The van der Waals surface area contributed by atoms with E-state index in [1.54, 1.807) is 6.33 Å². The summed E-state index contributed by atoms with van der Waals surface area (Å²) in [5, 5.41) is 9.13. The molecular formula is C21H30N4OS. The number of nitrogens with zero attached hydrogens (tertiary/aromatic N) is 4. The number of aryl methyl sites for hydroxylation is 1. The van der Waals surface area contributed by atoms with Crippen molar-refractivity contribution in [3.8, 4) is 5.69 Å². The zero-order chi connectivity index (χ0) is 19.1. The highest BCUT2D eigenvalue weighted by molar-refractivity contribution is 7.99. The molecule has 0 radical (unpaired) electrons. The number of amides is 1. The third kappa shape index (κ3) is 4.92. The summed E-state index contributed by atoms with van der Waals surface area (Å²) in [5.41, 5.74) is 2.35. The minimum Gasteiger partial charge on any atom is -0.339 e. The van der Waals surface area contributed by atoms with Crippen LogP contribution in [0.3, 0.4) is 0 Å². The molecule has 1 aromatic carbocycles. The topological polar surface area (TPSA) is 51.0 Å². The van der Waals surface area contributed by atoms with Crippen molar-refractivity contribution < 1.29 is 4.79 Å². The molecule has 1 amide bonds. The van der Waals surface area contributed by atoms with E-state index in [1.165, 1.54) is 36.6 Å². The molecule has 3 rings (SSSR count). The number of para-hydroxylation sites is 1. The molecule has 0 bridgehead atoms. The molecule has 1 aliphatic rings. The summed E-state index contributed by atoms with van der Waals surface area (Å²) in [6, 6.07) is 8.71. The molecule has 1 fully saturated rings. The third-order valence-corrected chi connectivity index (χ3v) is 6.20.